The molecule has 1 atom stereocenters. The number of sulfonamides is 1. The van der Waals surface area contributed by atoms with Crippen LogP contribution in [-0.4, -0.2) is 54.1 Å². The lowest BCUT2D eigenvalue weighted by Gasteiger charge is -2.24. The highest BCUT2D eigenvalue weighted by Crippen LogP contribution is 2.41. The third-order valence-corrected chi connectivity index (χ3v) is 7.50. The molecule has 3 aliphatic rings. The van der Waals surface area contributed by atoms with Crippen molar-refractivity contribution in [1.29, 1.82) is 0 Å². The van der Waals surface area contributed by atoms with Crippen molar-refractivity contribution in [3.05, 3.63) is 17.8 Å². The first-order chi connectivity index (χ1) is 11.0. The van der Waals surface area contributed by atoms with E-state index in [1.807, 2.05) is 4.90 Å². The van der Waals surface area contributed by atoms with Gasteiger partial charge in [0.2, 0.25) is 10.0 Å². The second-order valence-corrected chi connectivity index (χ2v) is 9.09. The summed E-state index contributed by atoms with van der Waals surface area (Å²) < 4.78 is 40.8. The molecule has 1 unspecified atom stereocenters. The van der Waals surface area contributed by atoms with Gasteiger partial charge in [-0.1, -0.05) is 0 Å². The Morgan fingerprint density at radius 2 is 1.96 bits per heavy atom. The Kier molecular flexibility index (Phi) is 3.57. The summed E-state index contributed by atoms with van der Waals surface area (Å²) in [4.78, 5) is 10.0. The lowest BCUT2D eigenvalue weighted by molar-refractivity contribution is 0.389. The lowest BCUT2D eigenvalue weighted by Crippen LogP contribution is -2.40. The van der Waals surface area contributed by atoms with Crippen molar-refractivity contribution in [2.24, 2.45) is 0 Å². The van der Waals surface area contributed by atoms with E-state index in [1.54, 1.807) is 7.05 Å². The minimum absolute atomic E-state index is 0.112. The van der Waals surface area contributed by atoms with Crippen LogP contribution < -0.4 is 4.90 Å². The molecule has 4 rings (SSSR count). The van der Waals surface area contributed by atoms with E-state index in [0.29, 0.717) is 31.0 Å². The summed E-state index contributed by atoms with van der Waals surface area (Å²) in [5.74, 6) is 0.220. The molecular weight excluding hydrogens is 319 g/mol. The minimum Gasteiger partial charge on any atom is -0.352 e. The van der Waals surface area contributed by atoms with Crippen molar-refractivity contribution in [3.8, 4) is 0 Å². The summed E-state index contributed by atoms with van der Waals surface area (Å²) in [5, 5.41) is -0.209. The van der Waals surface area contributed by atoms with Crippen molar-refractivity contribution < 1.29 is 12.8 Å². The molecule has 8 heteroatoms. The van der Waals surface area contributed by atoms with Crippen LogP contribution in [0.4, 0.5) is 10.2 Å². The molecule has 0 N–H and O–H groups in total. The van der Waals surface area contributed by atoms with E-state index >= 15 is 0 Å². The standard InChI is InChI=1S/C15H21FN4O2S/c1-19(23(21,22)12-4-5-12)11-6-7-20(8-11)15-13(16)14(10-2-3-10)17-9-18-15/h9-12H,2-8H2,1H3. The highest BCUT2D eigenvalue weighted by atomic mass is 32.2. The fraction of sp³-hybridized carbons (Fsp3) is 0.733. The Morgan fingerprint density at radius 1 is 1.22 bits per heavy atom. The molecule has 0 aromatic carbocycles. The van der Waals surface area contributed by atoms with Gasteiger partial charge in [0.1, 0.15) is 6.33 Å². The zero-order chi connectivity index (χ0) is 16.2. The number of likely N-dealkylation sites (N-methyl/N-ethyl adjacent to an activating group) is 1. The normalized spacial score (nSPS) is 25.3. The smallest absolute Gasteiger partial charge is 0.217 e. The van der Waals surface area contributed by atoms with Crippen LogP contribution in [0.3, 0.4) is 0 Å². The second kappa shape index (κ2) is 5.37. The quantitative estimate of drug-likeness (QED) is 0.813. The van der Waals surface area contributed by atoms with Gasteiger partial charge in [0, 0.05) is 32.1 Å². The van der Waals surface area contributed by atoms with E-state index in [4.69, 9.17) is 0 Å². The Morgan fingerprint density at radius 3 is 2.61 bits per heavy atom. The SMILES string of the molecule is CN(C1CCN(c2ncnc(C3CC3)c2F)C1)S(=O)(=O)C1CC1. The Hall–Kier alpha value is -1.28. The maximum atomic E-state index is 14.6. The second-order valence-electron chi connectivity index (χ2n) is 6.82. The van der Waals surface area contributed by atoms with Crippen molar-refractivity contribution in [2.45, 2.75) is 49.3 Å². The first kappa shape index (κ1) is 15.3. The number of rotatable bonds is 5. The highest BCUT2D eigenvalue weighted by molar-refractivity contribution is 7.90. The number of anilines is 1. The maximum Gasteiger partial charge on any atom is 0.217 e. The number of hydrogen-bond acceptors (Lipinski definition) is 5. The first-order valence-corrected chi connectivity index (χ1v) is 9.71. The average molecular weight is 340 g/mol. The molecule has 3 fully saturated rings. The molecule has 126 valence electrons. The molecule has 2 heterocycles. The van der Waals surface area contributed by atoms with Gasteiger partial charge in [-0.2, -0.15) is 4.31 Å². The Balaban J connectivity index is 1.51. The molecule has 6 nitrogen and oxygen atoms in total. The molecule has 0 amide bonds. The van der Waals surface area contributed by atoms with Crippen LogP contribution in [0.25, 0.3) is 0 Å². The molecule has 0 spiro atoms. The van der Waals surface area contributed by atoms with Crippen LogP contribution >= 0.6 is 0 Å². The van der Waals surface area contributed by atoms with Crippen molar-refractivity contribution in [1.82, 2.24) is 14.3 Å². The van der Waals surface area contributed by atoms with Crippen molar-refractivity contribution in [3.63, 3.8) is 0 Å². The molecule has 23 heavy (non-hydrogen) atoms. The lowest BCUT2D eigenvalue weighted by atomic mass is 10.2. The molecule has 1 aromatic heterocycles. The predicted octanol–water partition coefficient (Wildman–Crippen LogP) is 1.50. The van der Waals surface area contributed by atoms with Crippen LogP contribution in [0, 0.1) is 5.82 Å². The van der Waals surface area contributed by atoms with Gasteiger partial charge >= 0.3 is 0 Å². The maximum absolute atomic E-state index is 14.6. The number of aromatic nitrogens is 2. The van der Waals surface area contributed by atoms with Gasteiger partial charge in [0.05, 0.1) is 10.9 Å². The van der Waals surface area contributed by atoms with Gasteiger partial charge < -0.3 is 4.90 Å². The van der Waals surface area contributed by atoms with Gasteiger partial charge in [0.25, 0.3) is 0 Å². The van der Waals surface area contributed by atoms with E-state index in [1.165, 1.54) is 10.6 Å². The van der Waals surface area contributed by atoms with Crippen LogP contribution in [0.15, 0.2) is 6.33 Å². The summed E-state index contributed by atoms with van der Waals surface area (Å²) in [6.07, 6.45) is 5.61. The van der Waals surface area contributed by atoms with Gasteiger partial charge in [-0.3, -0.25) is 0 Å². The zero-order valence-corrected chi connectivity index (χ0v) is 14.0. The van der Waals surface area contributed by atoms with Gasteiger partial charge in [-0.05, 0) is 32.1 Å². The van der Waals surface area contributed by atoms with E-state index in [0.717, 1.165) is 25.7 Å². The highest BCUT2D eigenvalue weighted by Gasteiger charge is 2.43. The zero-order valence-electron chi connectivity index (χ0n) is 13.2. The largest absolute Gasteiger partial charge is 0.352 e. The van der Waals surface area contributed by atoms with Crippen LogP contribution in [-0.2, 0) is 10.0 Å². The molecule has 1 aromatic rings. The average Bonchev–Trinajstić information content (AvgIpc) is 3.43. The topological polar surface area (TPSA) is 66.4 Å². The summed E-state index contributed by atoms with van der Waals surface area (Å²) in [6, 6.07) is -0.112. The van der Waals surface area contributed by atoms with Crippen LogP contribution in [0.1, 0.15) is 43.7 Å². The molecular formula is C15H21FN4O2S. The number of halogens is 1. The van der Waals surface area contributed by atoms with E-state index in [-0.39, 0.29) is 23.0 Å². The molecule has 1 aliphatic heterocycles. The monoisotopic (exact) mass is 340 g/mol. The Bertz CT molecular complexity index is 718. The Labute approximate surface area is 135 Å². The van der Waals surface area contributed by atoms with E-state index < -0.39 is 10.0 Å². The summed E-state index contributed by atoms with van der Waals surface area (Å²) in [6.45, 7) is 1.10. The van der Waals surface area contributed by atoms with E-state index in [9.17, 15) is 12.8 Å². The fourth-order valence-electron chi connectivity index (χ4n) is 3.28. The van der Waals surface area contributed by atoms with Gasteiger partial charge in [0.15, 0.2) is 11.6 Å². The first-order valence-electron chi connectivity index (χ1n) is 8.20. The van der Waals surface area contributed by atoms with Gasteiger partial charge in [-0.15, -0.1) is 0 Å². The molecule has 0 radical (unpaired) electrons. The molecule has 0 bridgehead atoms. The number of nitrogens with zero attached hydrogens (tertiary/aromatic N) is 4. The van der Waals surface area contributed by atoms with Crippen LogP contribution in [0.5, 0.6) is 0 Å². The molecule has 2 aliphatic carbocycles. The minimum atomic E-state index is -3.20. The predicted molar refractivity (Wildman–Crippen MR) is 84.3 cm³/mol. The third-order valence-electron chi connectivity index (χ3n) is 5.09. The number of hydrogen-bond donors (Lipinski definition) is 0. The van der Waals surface area contributed by atoms with Crippen molar-refractivity contribution in [2.75, 3.05) is 25.0 Å². The third kappa shape index (κ3) is 2.71. The van der Waals surface area contributed by atoms with Crippen molar-refractivity contribution >= 4 is 15.8 Å². The van der Waals surface area contributed by atoms with Gasteiger partial charge in [-0.25, -0.2) is 22.8 Å². The summed E-state index contributed by atoms with van der Waals surface area (Å²) in [7, 11) is -1.55. The fourth-order valence-corrected chi connectivity index (χ4v) is 5.07. The summed E-state index contributed by atoms with van der Waals surface area (Å²) >= 11 is 0. The summed E-state index contributed by atoms with van der Waals surface area (Å²) in [5.41, 5.74) is 0.511. The molecule has 2 saturated carbocycles. The van der Waals surface area contributed by atoms with E-state index in [2.05, 4.69) is 9.97 Å². The van der Waals surface area contributed by atoms with Crippen LogP contribution in [0.2, 0.25) is 0 Å². The molecule has 1 saturated heterocycles.